The lowest BCUT2D eigenvalue weighted by Gasteiger charge is -2.36. The minimum atomic E-state index is 1.13. The molecule has 0 atom stereocenters. The number of hydrogen-bond acceptors (Lipinski definition) is 3. The van der Waals surface area contributed by atoms with Gasteiger partial charge in [0.15, 0.2) is 0 Å². The number of hydrogen-bond donors (Lipinski definition) is 0. The molecule has 3 heteroatoms. The van der Waals surface area contributed by atoms with Crippen LogP contribution in [0.2, 0.25) is 0 Å². The fraction of sp³-hybridized carbons (Fsp3) is 0.300. The highest BCUT2D eigenvalue weighted by Gasteiger charge is 2.18. The third-order valence-corrected chi connectivity index (χ3v) is 5.63. The molecule has 0 bridgehead atoms. The van der Waals surface area contributed by atoms with Crippen LogP contribution in [0.15, 0.2) is 60.0 Å². The molecule has 1 aromatic heterocycles. The molecular weight excluding hydrogens is 300 g/mol. The summed E-state index contributed by atoms with van der Waals surface area (Å²) in [5, 5.41) is 3.61. The maximum atomic E-state index is 2.59. The van der Waals surface area contributed by atoms with Gasteiger partial charge in [-0.05, 0) is 35.6 Å². The van der Waals surface area contributed by atoms with Gasteiger partial charge >= 0.3 is 0 Å². The van der Waals surface area contributed by atoms with Gasteiger partial charge in [0.25, 0.3) is 0 Å². The average Bonchev–Trinajstić information content (AvgIpc) is 3.10. The SMILES string of the molecule is c1ccc(CCN2CCN(c3cccc4sccc34)CC2)cc1. The molecule has 0 saturated carbocycles. The Morgan fingerprint density at radius 3 is 2.48 bits per heavy atom. The van der Waals surface area contributed by atoms with Gasteiger partial charge in [0, 0.05) is 48.5 Å². The van der Waals surface area contributed by atoms with Crippen LogP contribution in [0.4, 0.5) is 5.69 Å². The van der Waals surface area contributed by atoms with Gasteiger partial charge in [-0.2, -0.15) is 0 Å². The molecule has 1 aliphatic heterocycles. The minimum absolute atomic E-state index is 1.13. The summed E-state index contributed by atoms with van der Waals surface area (Å²) >= 11 is 1.83. The van der Waals surface area contributed by atoms with E-state index in [1.165, 1.54) is 27.9 Å². The Hall–Kier alpha value is -1.84. The molecule has 0 unspecified atom stereocenters. The molecule has 0 N–H and O–H groups in total. The van der Waals surface area contributed by atoms with E-state index >= 15 is 0 Å². The number of fused-ring (bicyclic) bond motifs is 1. The van der Waals surface area contributed by atoms with E-state index in [1.54, 1.807) is 0 Å². The molecule has 0 aliphatic carbocycles. The normalized spacial score (nSPS) is 16.1. The van der Waals surface area contributed by atoms with Crippen LogP contribution in [0.1, 0.15) is 5.56 Å². The second-order valence-electron chi connectivity index (χ2n) is 6.17. The Morgan fingerprint density at radius 2 is 1.65 bits per heavy atom. The monoisotopic (exact) mass is 322 g/mol. The van der Waals surface area contributed by atoms with Crippen LogP contribution in [-0.4, -0.2) is 37.6 Å². The highest BCUT2D eigenvalue weighted by molar-refractivity contribution is 7.17. The first kappa shape index (κ1) is 14.7. The van der Waals surface area contributed by atoms with Gasteiger partial charge in [0.2, 0.25) is 0 Å². The van der Waals surface area contributed by atoms with Crippen molar-refractivity contribution in [3.05, 3.63) is 65.5 Å². The van der Waals surface area contributed by atoms with Crippen molar-refractivity contribution in [3.63, 3.8) is 0 Å². The molecular formula is C20H22N2S. The zero-order chi connectivity index (χ0) is 15.5. The summed E-state index contributed by atoms with van der Waals surface area (Å²) in [5.74, 6) is 0. The van der Waals surface area contributed by atoms with Gasteiger partial charge in [-0.15, -0.1) is 11.3 Å². The highest BCUT2D eigenvalue weighted by atomic mass is 32.1. The van der Waals surface area contributed by atoms with Crippen LogP contribution in [0, 0.1) is 0 Å². The van der Waals surface area contributed by atoms with Gasteiger partial charge in [0.1, 0.15) is 0 Å². The average molecular weight is 322 g/mol. The summed E-state index contributed by atoms with van der Waals surface area (Å²) in [5.41, 5.74) is 2.85. The van der Waals surface area contributed by atoms with Crippen molar-refractivity contribution < 1.29 is 0 Å². The first-order valence-electron chi connectivity index (χ1n) is 8.37. The fourth-order valence-electron chi connectivity index (χ4n) is 3.40. The third kappa shape index (κ3) is 3.26. The molecule has 0 amide bonds. The van der Waals surface area contributed by atoms with E-state index < -0.39 is 0 Å². The number of thiophene rings is 1. The Bertz CT molecular complexity index is 757. The second kappa shape index (κ2) is 6.73. The van der Waals surface area contributed by atoms with Crippen molar-refractivity contribution >= 4 is 27.1 Å². The molecule has 2 aromatic carbocycles. The van der Waals surface area contributed by atoms with Crippen LogP contribution in [0.5, 0.6) is 0 Å². The molecule has 1 fully saturated rings. The van der Waals surface area contributed by atoms with Crippen LogP contribution in [0.3, 0.4) is 0 Å². The molecule has 1 aliphatic rings. The summed E-state index contributed by atoms with van der Waals surface area (Å²) in [6.45, 7) is 5.74. The number of rotatable bonds is 4. The molecule has 2 heterocycles. The smallest absolute Gasteiger partial charge is 0.0455 e. The fourth-order valence-corrected chi connectivity index (χ4v) is 4.21. The van der Waals surface area contributed by atoms with Crippen LogP contribution < -0.4 is 4.90 Å². The van der Waals surface area contributed by atoms with Gasteiger partial charge in [-0.25, -0.2) is 0 Å². The predicted octanol–water partition coefficient (Wildman–Crippen LogP) is 4.27. The van der Waals surface area contributed by atoms with Gasteiger partial charge in [-0.1, -0.05) is 36.4 Å². The Labute approximate surface area is 142 Å². The van der Waals surface area contributed by atoms with E-state index in [1.807, 2.05) is 11.3 Å². The maximum absolute atomic E-state index is 2.59. The zero-order valence-electron chi connectivity index (χ0n) is 13.3. The number of benzene rings is 2. The van der Waals surface area contributed by atoms with Crippen molar-refractivity contribution in [1.29, 1.82) is 0 Å². The Balaban J connectivity index is 1.37. The quantitative estimate of drug-likeness (QED) is 0.708. The summed E-state index contributed by atoms with van der Waals surface area (Å²) < 4.78 is 1.40. The first-order chi connectivity index (χ1) is 11.4. The summed E-state index contributed by atoms with van der Waals surface area (Å²) in [6.07, 6.45) is 1.15. The topological polar surface area (TPSA) is 6.48 Å². The lowest BCUT2D eigenvalue weighted by Crippen LogP contribution is -2.47. The van der Waals surface area contributed by atoms with Crippen molar-refractivity contribution in [1.82, 2.24) is 4.90 Å². The third-order valence-electron chi connectivity index (χ3n) is 4.75. The first-order valence-corrected chi connectivity index (χ1v) is 9.25. The van der Waals surface area contributed by atoms with Gasteiger partial charge in [-0.3, -0.25) is 4.90 Å². The lowest BCUT2D eigenvalue weighted by molar-refractivity contribution is 0.261. The van der Waals surface area contributed by atoms with Gasteiger partial charge in [0.05, 0.1) is 0 Å². The molecule has 0 radical (unpaired) electrons. The standard InChI is InChI=1S/C20H22N2S/c1-2-5-17(6-3-1)9-11-21-12-14-22(15-13-21)19-7-4-8-20-18(19)10-16-23-20/h1-8,10,16H,9,11-15H2. The Kier molecular flexibility index (Phi) is 4.31. The number of anilines is 1. The molecule has 2 nitrogen and oxygen atoms in total. The molecule has 118 valence electrons. The molecule has 23 heavy (non-hydrogen) atoms. The van der Waals surface area contributed by atoms with Crippen LogP contribution in [0.25, 0.3) is 10.1 Å². The van der Waals surface area contributed by atoms with Crippen LogP contribution in [-0.2, 0) is 6.42 Å². The molecule has 1 saturated heterocycles. The second-order valence-corrected chi connectivity index (χ2v) is 7.12. The molecule has 0 spiro atoms. The van der Waals surface area contributed by atoms with E-state index in [0.29, 0.717) is 0 Å². The van der Waals surface area contributed by atoms with E-state index in [-0.39, 0.29) is 0 Å². The zero-order valence-corrected chi connectivity index (χ0v) is 14.1. The molecule has 3 aromatic rings. The van der Waals surface area contributed by atoms with Crippen molar-refractivity contribution in [2.45, 2.75) is 6.42 Å². The number of piperazine rings is 1. The van der Waals surface area contributed by atoms with E-state index in [4.69, 9.17) is 0 Å². The number of nitrogens with zero attached hydrogens (tertiary/aromatic N) is 2. The summed E-state index contributed by atoms with van der Waals surface area (Å²) in [6, 6.07) is 19.8. The summed E-state index contributed by atoms with van der Waals surface area (Å²) in [4.78, 5) is 5.14. The highest BCUT2D eigenvalue weighted by Crippen LogP contribution is 2.31. The predicted molar refractivity (Wildman–Crippen MR) is 101 cm³/mol. The van der Waals surface area contributed by atoms with Crippen molar-refractivity contribution in [2.24, 2.45) is 0 Å². The van der Waals surface area contributed by atoms with E-state index in [2.05, 4.69) is 69.8 Å². The van der Waals surface area contributed by atoms with Crippen molar-refractivity contribution in [2.75, 3.05) is 37.6 Å². The van der Waals surface area contributed by atoms with Gasteiger partial charge < -0.3 is 4.90 Å². The van der Waals surface area contributed by atoms with Crippen LogP contribution >= 0.6 is 11.3 Å². The molecule has 4 rings (SSSR count). The maximum Gasteiger partial charge on any atom is 0.0455 e. The lowest BCUT2D eigenvalue weighted by atomic mass is 10.1. The van der Waals surface area contributed by atoms with Crippen molar-refractivity contribution in [3.8, 4) is 0 Å². The Morgan fingerprint density at radius 1 is 0.826 bits per heavy atom. The largest absolute Gasteiger partial charge is 0.368 e. The van der Waals surface area contributed by atoms with E-state index in [0.717, 1.165) is 32.6 Å². The summed E-state index contributed by atoms with van der Waals surface area (Å²) in [7, 11) is 0. The van der Waals surface area contributed by atoms with E-state index in [9.17, 15) is 0 Å². The minimum Gasteiger partial charge on any atom is -0.368 e.